The maximum atomic E-state index is 13.9. The second-order valence-electron chi connectivity index (χ2n) is 5.38. The van der Waals surface area contributed by atoms with Crippen molar-refractivity contribution in [3.63, 3.8) is 0 Å². The molecule has 0 atom stereocenters. The first-order valence-electron chi connectivity index (χ1n) is 7.03. The van der Waals surface area contributed by atoms with Gasteiger partial charge >= 0.3 is 0 Å². The zero-order valence-corrected chi connectivity index (χ0v) is 11.6. The van der Waals surface area contributed by atoms with Crippen LogP contribution in [0.3, 0.4) is 0 Å². The Labute approximate surface area is 123 Å². The molecule has 1 amide bonds. The van der Waals surface area contributed by atoms with Gasteiger partial charge in [-0.05, 0) is 41.7 Å². The molecule has 3 rings (SSSR count). The third kappa shape index (κ3) is 2.81. The molecule has 0 heterocycles. The van der Waals surface area contributed by atoms with Crippen molar-refractivity contribution < 1.29 is 9.18 Å². The molecular formula is C17H17FN2O. The van der Waals surface area contributed by atoms with Crippen LogP contribution in [0.15, 0.2) is 42.5 Å². The topological polar surface area (TPSA) is 55.1 Å². The highest BCUT2D eigenvalue weighted by Gasteiger charge is 2.27. The lowest BCUT2D eigenvalue weighted by Gasteiger charge is -2.11. The summed E-state index contributed by atoms with van der Waals surface area (Å²) < 4.78 is 13.9. The Kier molecular flexibility index (Phi) is 3.71. The van der Waals surface area contributed by atoms with Crippen molar-refractivity contribution in [2.24, 2.45) is 11.7 Å². The number of fused-ring (bicyclic) bond motifs is 1. The molecule has 0 radical (unpaired) electrons. The molecule has 3 N–H and O–H groups in total. The van der Waals surface area contributed by atoms with Gasteiger partial charge in [-0.2, -0.15) is 0 Å². The van der Waals surface area contributed by atoms with Crippen LogP contribution in [0.2, 0.25) is 0 Å². The summed E-state index contributed by atoms with van der Waals surface area (Å²) in [6.45, 7) is 0.281. The summed E-state index contributed by atoms with van der Waals surface area (Å²) in [5.74, 6) is -0.705. The number of nitrogens with one attached hydrogen (secondary N) is 1. The summed E-state index contributed by atoms with van der Waals surface area (Å²) >= 11 is 0. The quantitative estimate of drug-likeness (QED) is 0.910. The summed E-state index contributed by atoms with van der Waals surface area (Å²) in [6.07, 6.45) is 1.43. The number of hydrogen-bond donors (Lipinski definition) is 2. The fourth-order valence-corrected chi connectivity index (χ4v) is 2.77. The average Bonchev–Trinajstić information content (AvgIpc) is 2.93. The molecule has 0 spiro atoms. The van der Waals surface area contributed by atoms with Crippen LogP contribution >= 0.6 is 0 Å². The van der Waals surface area contributed by atoms with Crippen molar-refractivity contribution in [3.05, 3.63) is 65.0 Å². The monoisotopic (exact) mass is 284 g/mol. The van der Waals surface area contributed by atoms with Crippen LogP contribution in [0.25, 0.3) is 0 Å². The van der Waals surface area contributed by atoms with Crippen molar-refractivity contribution in [2.75, 3.05) is 5.32 Å². The number of benzene rings is 2. The van der Waals surface area contributed by atoms with Crippen LogP contribution in [-0.2, 0) is 24.2 Å². The number of nitrogens with two attached hydrogens (primary N) is 1. The third-order valence-electron chi connectivity index (χ3n) is 3.95. The minimum atomic E-state index is -0.443. The Hall–Kier alpha value is -2.20. The smallest absolute Gasteiger partial charge is 0.228 e. The van der Waals surface area contributed by atoms with Crippen LogP contribution in [0.5, 0.6) is 0 Å². The zero-order valence-electron chi connectivity index (χ0n) is 11.6. The van der Waals surface area contributed by atoms with E-state index >= 15 is 0 Å². The lowest BCUT2D eigenvalue weighted by Crippen LogP contribution is -2.23. The first-order valence-corrected chi connectivity index (χ1v) is 7.03. The van der Waals surface area contributed by atoms with Crippen LogP contribution in [0, 0.1) is 11.7 Å². The normalized spacial score (nSPS) is 14.0. The van der Waals surface area contributed by atoms with E-state index in [4.69, 9.17) is 5.73 Å². The minimum Gasteiger partial charge on any atom is -0.326 e. The second kappa shape index (κ2) is 5.66. The fraction of sp³-hybridized carbons (Fsp3) is 0.235. The van der Waals surface area contributed by atoms with Crippen LogP contribution in [0.4, 0.5) is 10.1 Å². The van der Waals surface area contributed by atoms with Crippen molar-refractivity contribution in [1.29, 1.82) is 0 Å². The molecule has 3 nitrogen and oxygen atoms in total. The Bertz CT molecular complexity index is 659. The van der Waals surface area contributed by atoms with Gasteiger partial charge in [-0.3, -0.25) is 4.79 Å². The molecule has 2 aromatic carbocycles. The molecule has 1 aliphatic carbocycles. The van der Waals surface area contributed by atoms with Gasteiger partial charge in [-0.1, -0.05) is 30.3 Å². The summed E-state index contributed by atoms with van der Waals surface area (Å²) in [4.78, 5) is 12.3. The van der Waals surface area contributed by atoms with Gasteiger partial charge in [0.2, 0.25) is 5.91 Å². The van der Waals surface area contributed by atoms with Crippen LogP contribution in [0.1, 0.15) is 16.7 Å². The Morgan fingerprint density at radius 1 is 1.19 bits per heavy atom. The molecule has 0 bridgehead atoms. The van der Waals surface area contributed by atoms with Gasteiger partial charge in [0.1, 0.15) is 5.82 Å². The largest absolute Gasteiger partial charge is 0.326 e. The number of amides is 1. The predicted octanol–water partition coefficient (Wildman–Crippen LogP) is 2.64. The van der Waals surface area contributed by atoms with Gasteiger partial charge in [-0.15, -0.1) is 0 Å². The van der Waals surface area contributed by atoms with Gasteiger partial charge in [0, 0.05) is 12.5 Å². The van der Waals surface area contributed by atoms with Gasteiger partial charge in [0.15, 0.2) is 0 Å². The van der Waals surface area contributed by atoms with Gasteiger partial charge in [-0.25, -0.2) is 4.39 Å². The third-order valence-corrected chi connectivity index (χ3v) is 3.95. The zero-order chi connectivity index (χ0) is 14.8. The molecule has 4 heteroatoms. The van der Waals surface area contributed by atoms with E-state index in [-0.39, 0.29) is 24.1 Å². The maximum Gasteiger partial charge on any atom is 0.228 e. The Morgan fingerprint density at radius 3 is 2.43 bits per heavy atom. The molecule has 0 aromatic heterocycles. The first kappa shape index (κ1) is 13.8. The fourth-order valence-electron chi connectivity index (χ4n) is 2.77. The van der Waals surface area contributed by atoms with E-state index in [0.29, 0.717) is 18.4 Å². The standard InChI is InChI=1S/C17H17FN2O/c18-15-7-11(10-19)5-6-16(15)20-17(21)14-8-12-3-1-2-4-13(12)9-14/h1-7,14H,8-10,19H2,(H,20,21). The van der Waals surface area contributed by atoms with E-state index < -0.39 is 5.82 Å². The highest BCUT2D eigenvalue weighted by molar-refractivity contribution is 5.93. The molecule has 21 heavy (non-hydrogen) atoms. The molecule has 0 saturated carbocycles. The molecular weight excluding hydrogens is 267 g/mol. The van der Waals surface area contributed by atoms with Crippen molar-refractivity contribution >= 4 is 11.6 Å². The summed E-state index contributed by atoms with van der Waals surface area (Å²) in [5.41, 5.74) is 8.80. The number of rotatable bonds is 3. The molecule has 0 unspecified atom stereocenters. The SMILES string of the molecule is NCc1ccc(NC(=O)C2Cc3ccccc3C2)c(F)c1. The van der Waals surface area contributed by atoms with Crippen LogP contribution < -0.4 is 11.1 Å². The highest BCUT2D eigenvalue weighted by Crippen LogP contribution is 2.27. The van der Waals surface area contributed by atoms with E-state index in [1.807, 2.05) is 24.3 Å². The molecule has 108 valence electrons. The number of carbonyl (C=O) groups excluding carboxylic acids is 1. The predicted molar refractivity (Wildman–Crippen MR) is 80.3 cm³/mol. The van der Waals surface area contributed by atoms with E-state index in [9.17, 15) is 9.18 Å². The van der Waals surface area contributed by atoms with E-state index in [2.05, 4.69) is 5.32 Å². The summed E-state index contributed by atoms with van der Waals surface area (Å²) in [6, 6.07) is 12.7. The van der Waals surface area contributed by atoms with Gasteiger partial charge < -0.3 is 11.1 Å². The number of hydrogen-bond acceptors (Lipinski definition) is 2. The summed E-state index contributed by atoms with van der Waals surface area (Å²) in [7, 11) is 0. The Morgan fingerprint density at radius 2 is 1.86 bits per heavy atom. The lowest BCUT2D eigenvalue weighted by molar-refractivity contribution is -0.119. The van der Waals surface area contributed by atoms with E-state index in [1.54, 1.807) is 12.1 Å². The first-order chi connectivity index (χ1) is 10.2. The Balaban J connectivity index is 1.71. The van der Waals surface area contributed by atoms with E-state index in [0.717, 1.165) is 0 Å². The average molecular weight is 284 g/mol. The van der Waals surface area contributed by atoms with Gasteiger partial charge in [0.25, 0.3) is 0 Å². The van der Waals surface area contributed by atoms with Crippen molar-refractivity contribution in [3.8, 4) is 0 Å². The van der Waals surface area contributed by atoms with E-state index in [1.165, 1.54) is 17.2 Å². The second-order valence-corrected chi connectivity index (χ2v) is 5.38. The maximum absolute atomic E-state index is 13.9. The van der Waals surface area contributed by atoms with Crippen molar-refractivity contribution in [2.45, 2.75) is 19.4 Å². The van der Waals surface area contributed by atoms with Crippen LogP contribution in [-0.4, -0.2) is 5.91 Å². The number of carbonyl (C=O) groups is 1. The summed E-state index contributed by atoms with van der Waals surface area (Å²) in [5, 5.41) is 2.68. The lowest BCUT2D eigenvalue weighted by atomic mass is 10.1. The molecule has 0 saturated heterocycles. The minimum absolute atomic E-state index is 0.129. The molecule has 2 aromatic rings. The highest BCUT2D eigenvalue weighted by atomic mass is 19.1. The molecule has 0 aliphatic heterocycles. The van der Waals surface area contributed by atoms with Gasteiger partial charge in [0.05, 0.1) is 5.69 Å². The number of anilines is 1. The van der Waals surface area contributed by atoms with Crippen molar-refractivity contribution in [1.82, 2.24) is 0 Å². The number of halogens is 1. The molecule has 1 aliphatic rings. The molecule has 0 fully saturated rings.